The van der Waals surface area contributed by atoms with Crippen molar-refractivity contribution in [1.82, 2.24) is 9.97 Å². The maximum Gasteiger partial charge on any atom is 0.222 e. The van der Waals surface area contributed by atoms with E-state index < -0.39 is 0 Å². The van der Waals surface area contributed by atoms with E-state index in [1.54, 1.807) is 12.4 Å². The van der Waals surface area contributed by atoms with Crippen LogP contribution in [0.15, 0.2) is 12.4 Å². The van der Waals surface area contributed by atoms with Crippen molar-refractivity contribution in [3.05, 3.63) is 12.4 Å². The molecule has 1 heterocycles. The van der Waals surface area contributed by atoms with Gasteiger partial charge in [0.25, 0.3) is 0 Å². The molecule has 0 unspecified atom stereocenters. The molecule has 0 aliphatic carbocycles. The molecule has 0 amide bonds. The van der Waals surface area contributed by atoms with Gasteiger partial charge in [-0.2, -0.15) is 0 Å². The summed E-state index contributed by atoms with van der Waals surface area (Å²) in [6, 6.07) is 0. The summed E-state index contributed by atoms with van der Waals surface area (Å²) in [6.07, 6.45) is 13.9. The Morgan fingerprint density at radius 1 is 0.944 bits per heavy atom. The summed E-state index contributed by atoms with van der Waals surface area (Å²) in [5, 5.41) is 3.21. The number of rotatable bonds is 10. The molecular weight excluding hydrogens is 224 g/mol. The Hall–Kier alpha value is -1.32. The Kier molecular flexibility index (Phi) is 7.93. The van der Waals surface area contributed by atoms with Gasteiger partial charge in [0.1, 0.15) is 0 Å². The molecule has 0 fully saturated rings. The largest absolute Gasteiger partial charge is 0.396 e. The van der Waals surface area contributed by atoms with Crippen LogP contribution in [-0.4, -0.2) is 16.5 Å². The van der Waals surface area contributed by atoms with Gasteiger partial charge in [0.15, 0.2) is 0 Å². The third kappa shape index (κ3) is 7.09. The van der Waals surface area contributed by atoms with Gasteiger partial charge in [-0.05, 0) is 6.42 Å². The first-order chi connectivity index (χ1) is 8.83. The molecule has 0 bridgehead atoms. The van der Waals surface area contributed by atoms with E-state index in [0.717, 1.165) is 6.54 Å². The summed E-state index contributed by atoms with van der Waals surface area (Å²) in [6.45, 7) is 3.20. The quantitative estimate of drug-likeness (QED) is 0.623. The molecule has 4 heteroatoms. The Labute approximate surface area is 110 Å². The van der Waals surface area contributed by atoms with Crippen LogP contribution in [0, 0.1) is 0 Å². The van der Waals surface area contributed by atoms with E-state index in [2.05, 4.69) is 22.2 Å². The average molecular weight is 250 g/mol. The van der Waals surface area contributed by atoms with Crippen LogP contribution in [0.5, 0.6) is 0 Å². The van der Waals surface area contributed by atoms with Crippen molar-refractivity contribution >= 4 is 11.6 Å². The SMILES string of the molecule is CCCCCCCCCCNc1ncc(N)cn1. The molecule has 0 saturated heterocycles. The third-order valence-corrected chi connectivity index (χ3v) is 2.99. The van der Waals surface area contributed by atoms with Gasteiger partial charge in [0.2, 0.25) is 5.95 Å². The van der Waals surface area contributed by atoms with Gasteiger partial charge < -0.3 is 11.1 Å². The highest BCUT2D eigenvalue weighted by atomic mass is 15.1. The van der Waals surface area contributed by atoms with E-state index in [9.17, 15) is 0 Å². The van der Waals surface area contributed by atoms with Crippen molar-refractivity contribution in [1.29, 1.82) is 0 Å². The summed E-state index contributed by atoms with van der Waals surface area (Å²) in [4.78, 5) is 8.20. The van der Waals surface area contributed by atoms with Crippen LogP contribution < -0.4 is 11.1 Å². The van der Waals surface area contributed by atoms with Gasteiger partial charge in [0.05, 0.1) is 18.1 Å². The Bertz CT molecular complexity index is 297. The molecule has 1 aromatic rings. The Balaban J connectivity index is 1.91. The van der Waals surface area contributed by atoms with Crippen LogP contribution in [0.25, 0.3) is 0 Å². The smallest absolute Gasteiger partial charge is 0.222 e. The second-order valence-electron chi connectivity index (χ2n) is 4.74. The molecule has 1 rings (SSSR count). The zero-order valence-corrected chi connectivity index (χ0v) is 11.5. The van der Waals surface area contributed by atoms with E-state index in [1.807, 2.05) is 0 Å². The van der Waals surface area contributed by atoms with Crippen LogP contribution in [-0.2, 0) is 0 Å². The normalized spacial score (nSPS) is 10.5. The Morgan fingerprint density at radius 3 is 2.11 bits per heavy atom. The molecule has 3 N–H and O–H groups in total. The van der Waals surface area contributed by atoms with Crippen LogP contribution in [0.1, 0.15) is 58.3 Å². The number of hydrogen-bond donors (Lipinski definition) is 2. The minimum atomic E-state index is 0.604. The van der Waals surface area contributed by atoms with E-state index in [0.29, 0.717) is 11.6 Å². The van der Waals surface area contributed by atoms with Crippen molar-refractivity contribution in [2.45, 2.75) is 58.3 Å². The van der Waals surface area contributed by atoms with Crippen LogP contribution >= 0.6 is 0 Å². The van der Waals surface area contributed by atoms with Crippen molar-refractivity contribution in [2.75, 3.05) is 17.6 Å². The van der Waals surface area contributed by atoms with E-state index in [1.165, 1.54) is 51.4 Å². The summed E-state index contributed by atoms with van der Waals surface area (Å²) in [5.74, 6) is 0.673. The first-order valence-electron chi connectivity index (χ1n) is 7.14. The highest BCUT2D eigenvalue weighted by Gasteiger charge is 1.95. The fourth-order valence-corrected chi connectivity index (χ4v) is 1.89. The molecule has 0 spiro atoms. The highest BCUT2D eigenvalue weighted by Crippen LogP contribution is 2.08. The lowest BCUT2D eigenvalue weighted by atomic mass is 10.1. The van der Waals surface area contributed by atoms with Gasteiger partial charge in [-0.15, -0.1) is 0 Å². The topological polar surface area (TPSA) is 63.8 Å². The van der Waals surface area contributed by atoms with Crippen molar-refractivity contribution in [3.63, 3.8) is 0 Å². The average Bonchev–Trinajstić information content (AvgIpc) is 2.39. The third-order valence-electron chi connectivity index (χ3n) is 2.99. The summed E-state index contributed by atoms with van der Waals surface area (Å²) < 4.78 is 0. The van der Waals surface area contributed by atoms with E-state index in [4.69, 9.17) is 5.73 Å². The Morgan fingerprint density at radius 2 is 1.50 bits per heavy atom. The number of aromatic nitrogens is 2. The number of nitrogen functional groups attached to an aromatic ring is 1. The lowest BCUT2D eigenvalue weighted by Gasteiger charge is -2.04. The van der Waals surface area contributed by atoms with Gasteiger partial charge in [0, 0.05) is 6.54 Å². The van der Waals surface area contributed by atoms with E-state index in [-0.39, 0.29) is 0 Å². The molecule has 0 atom stereocenters. The maximum absolute atomic E-state index is 5.52. The fourth-order valence-electron chi connectivity index (χ4n) is 1.89. The standard InChI is InChI=1S/C14H26N4/c1-2-3-4-5-6-7-8-9-10-16-14-17-11-13(15)12-18-14/h11-12H,2-10,15H2,1H3,(H,16,17,18). The highest BCUT2D eigenvalue weighted by molar-refractivity contribution is 5.35. The van der Waals surface area contributed by atoms with Crippen LogP contribution in [0.4, 0.5) is 11.6 Å². The van der Waals surface area contributed by atoms with Gasteiger partial charge in [-0.3, -0.25) is 0 Å². The number of anilines is 2. The fraction of sp³-hybridized carbons (Fsp3) is 0.714. The lowest BCUT2D eigenvalue weighted by Crippen LogP contribution is -2.05. The lowest BCUT2D eigenvalue weighted by molar-refractivity contribution is 0.581. The van der Waals surface area contributed by atoms with Crippen molar-refractivity contribution in [2.24, 2.45) is 0 Å². The number of nitrogens with two attached hydrogens (primary N) is 1. The summed E-state index contributed by atoms with van der Waals surface area (Å²) in [7, 11) is 0. The first kappa shape index (κ1) is 14.7. The monoisotopic (exact) mass is 250 g/mol. The van der Waals surface area contributed by atoms with Crippen molar-refractivity contribution < 1.29 is 0 Å². The molecule has 102 valence electrons. The zero-order valence-electron chi connectivity index (χ0n) is 11.5. The predicted octanol–water partition coefficient (Wildman–Crippen LogP) is 3.61. The predicted molar refractivity (Wildman–Crippen MR) is 77.5 cm³/mol. The molecule has 0 aliphatic heterocycles. The second-order valence-corrected chi connectivity index (χ2v) is 4.74. The van der Waals surface area contributed by atoms with Gasteiger partial charge in [-0.1, -0.05) is 51.9 Å². The van der Waals surface area contributed by atoms with Crippen LogP contribution in [0.2, 0.25) is 0 Å². The van der Waals surface area contributed by atoms with Gasteiger partial charge in [-0.25, -0.2) is 9.97 Å². The maximum atomic E-state index is 5.52. The van der Waals surface area contributed by atoms with Crippen LogP contribution in [0.3, 0.4) is 0 Å². The molecule has 18 heavy (non-hydrogen) atoms. The number of nitrogens with zero attached hydrogens (tertiary/aromatic N) is 2. The molecule has 0 radical (unpaired) electrons. The molecule has 1 aromatic heterocycles. The molecule has 0 aromatic carbocycles. The number of hydrogen-bond acceptors (Lipinski definition) is 4. The van der Waals surface area contributed by atoms with Crippen molar-refractivity contribution in [3.8, 4) is 0 Å². The molecule has 0 saturated carbocycles. The zero-order chi connectivity index (χ0) is 13.1. The molecular formula is C14H26N4. The minimum absolute atomic E-state index is 0.604. The molecule has 4 nitrogen and oxygen atoms in total. The molecule has 0 aliphatic rings. The van der Waals surface area contributed by atoms with E-state index >= 15 is 0 Å². The first-order valence-corrected chi connectivity index (χ1v) is 7.14. The summed E-state index contributed by atoms with van der Waals surface area (Å²) >= 11 is 0. The number of unbranched alkanes of at least 4 members (excludes halogenated alkanes) is 7. The minimum Gasteiger partial charge on any atom is -0.396 e. The second kappa shape index (κ2) is 9.68. The summed E-state index contributed by atoms with van der Waals surface area (Å²) in [5.41, 5.74) is 6.12. The van der Waals surface area contributed by atoms with Gasteiger partial charge >= 0.3 is 0 Å². The number of nitrogens with one attached hydrogen (secondary N) is 1.